The SMILES string of the molecule is Cc1ccc(C(=O)O)c(N2CC(C)Cc3ccccc32)n1. The normalized spacial score (nSPS) is 17.4. The van der Waals surface area contributed by atoms with Gasteiger partial charge in [0.1, 0.15) is 11.4 Å². The number of rotatable bonds is 2. The Balaban J connectivity index is 2.17. The van der Waals surface area contributed by atoms with Crippen molar-refractivity contribution in [2.75, 3.05) is 11.4 Å². The van der Waals surface area contributed by atoms with E-state index in [0.717, 1.165) is 24.3 Å². The zero-order valence-electron chi connectivity index (χ0n) is 12.2. The second-order valence-electron chi connectivity index (χ2n) is 5.68. The van der Waals surface area contributed by atoms with Gasteiger partial charge in [0.05, 0.1) is 0 Å². The fourth-order valence-corrected chi connectivity index (χ4v) is 2.91. The van der Waals surface area contributed by atoms with Gasteiger partial charge in [-0.05, 0) is 43.0 Å². The molecule has 3 rings (SSSR count). The largest absolute Gasteiger partial charge is 0.478 e. The number of aromatic carboxylic acids is 1. The number of anilines is 2. The van der Waals surface area contributed by atoms with Crippen molar-refractivity contribution in [1.82, 2.24) is 4.98 Å². The molecule has 0 fully saturated rings. The van der Waals surface area contributed by atoms with Crippen LogP contribution in [0.4, 0.5) is 11.5 Å². The lowest BCUT2D eigenvalue weighted by molar-refractivity contribution is 0.0697. The molecular formula is C17H18N2O2. The smallest absolute Gasteiger partial charge is 0.339 e. The van der Waals surface area contributed by atoms with Crippen LogP contribution >= 0.6 is 0 Å². The molecular weight excluding hydrogens is 264 g/mol. The number of carboxylic acids is 1. The number of aromatic nitrogens is 1. The number of benzene rings is 1. The lowest BCUT2D eigenvalue weighted by Crippen LogP contribution is -2.32. The van der Waals surface area contributed by atoms with E-state index in [1.807, 2.05) is 30.0 Å². The summed E-state index contributed by atoms with van der Waals surface area (Å²) in [5.74, 6) is 0.0681. The molecule has 4 heteroatoms. The first-order chi connectivity index (χ1) is 10.1. The van der Waals surface area contributed by atoms with Crippen molar-refractivity contribution in [2.24, 2.45) is 5.92 Å². The minimum Gasteiger partial charge on any atom is -0.478 e. The Bertz CT molecular complexity index is 697. The van der Waals surface area contributed by atoms with Gasteiger partial charge in [0.2, 0.25) is 0 Å². The zero-order chi connectivity index (χ0) is 15.0. The lowest BCUT2D eigenvalue weighted by Gasteiger charge is -2.34. The summed E-state index contributed by atoms with van der Waals surface area (Å²) in [5.41, 5.74) is 3.39. The molecule has 2 aromatic rings. The number of para-hydroxylation sites is 1. The first kappa shape index (κ1) is 13.6. The first-order valence-electron chi connectivity index (χ1n) is 7.12. The highest BCUT2D eigenvalue weighted by molar-refractivity contribution is 5.94. The molecule has 4 nitrogen and oxygen atoms in total. The topological polar surface area (TPSA) is 53.4 Å². The monoisotopic (exact) mass is 282 g/mol. The van der Waals surface area contributed by atoms with Gasteiger partial charge >= 0.3 is 5.97 Å². The van der Waals surface area contributed by atoms with Crippen LogP contribution in [0, 0.1) is 12.8 Å². The van der Waals surface area contributed by atoms with Gasteiger partial charge in [0, 0.05) is 17.9 Å². The van der Waals surface area contributed by atoms with Crippen LogP contribution in [0.3, 0.4) is 0 Å². The van der Waals surface area contributed by atoms with Crippen LogP contribution in [0.15, 0.2) is 36.4 Å². The molecule has 0 amide bonds. The fraction of sp³-hybridized carbons (Fsp3) is 0.294. The molecule has 1 aliphatic heterocycles. The highest BCUT2D eigenvalue weighted by atomic mass is 16.4. The number of aryl methyl sites for hydroxylation is 1. The average molecular weight is 282 g/mol. The molecule has 0 radical (unpaired) electrons. The van der Waals surface area contributed by atoms with Crippen LogP contribution < -0.4 is 4.90 Å². The second-order valence-corrected chi connectivity index (χ2v) is 5.68. The molecule has 1 aliphatic rings. The Morgan fingerprint density at radius 1 is 1.29 bits per heavy atom. The van der Waals surface area contributed by atoms with Crippen molar-refractivity contribution < 1.29 is 9.90 Å². The maximum atomic E-state index is 11.5. The highest BCUT2D eigenvalue weighted by Crippen LogP contribution is 2.35. The molecule has 0 aliphatic carbocycles. The van der Waals surface area contributed by atoms with Gasteiger partial charge in [0.25, 0.3) is 0 Å². The standard InChI is InChI=1S/C17H18N2O2/c1-11-9-13-5-3-4-6-15(13)19(10-11)16-14(17(20)21)8-7-12(2)18-16/h3-8,11H,9-10H2,1-2H3,(H,20,21). The Morgan fingerprint density at radius 3 is 2.81 bits per heavy atom. The average Bonchev–Trinajstić information content (AvgIpc) is 2.45. The van der Waals surface area contributed by atoms with E-state index >= 15 is 0 Å². The van der Waals surface area contributed by atoms with Gasteiger partial charge < -0.3 is 10.0 Å². The van der Waals surface area contributed by atoms with Gasteiger partial charge in [-0.25, -0.2) is 9.78 Å². The number of hydrogen-bond donors (Lipinski definition) is 1. The van der Waals surface area contributed by atoms with E-state index < -0.39 is 5.97 Å². The Hall–Kier alpha value is -2.36. The molecule has 0 spiro atoms. The van der Waals surface area contributed by atoms with Crippen molar-refractivity contribution in [3.63, 3.8) is 0 Å². The second kappa shape index (κ2) is 5.20. The molecule has 1 N–H and O–H groups in total. The van der Waals surface area contributed by atoms with Gasteiger partial charge in [0.15, 0.2) is 0 Å². The molecule has 1 atom stereocenters. The van der Waals surface area contributed by atoms with Crippen LogP contribution in [-0.2, 0) is 6.42 Å². The maximum absolute atomic E-state index is 11.5. The van der Waals surface area contributed by atoms with E-state index in [4.69, 9.17) is 0 Å². The molecule has 0 bridgehead atoms. The Morgan fingerprint density at radius 2 is 2.05 bits per heavy atom. The maximum Gasteiger partial charge on any atom is 0.339 e. The van der Waals surface area contributed by atoms with Gasteiger partial charge in [-0.2, -0.15) is 0 Å². The van der Waals surface area contributed by atoms with Crippen molar-refractivity contribution in [2.45, 2.75) is 20.3 Å². The molecule has 0 saturated carbocycles. The summed E-state index contributed by atoms with van der Waals surface area (Å²) in [5, 5.41) is 9.43. The number of carboxylic acid groups (broad SMARTS) is 1. The van der Waals surface area contributed by atoms with E-state index in [1.54, 1.807) is 12.1 Å². The van der Waals surface area contributed by atoms with Crippen molar-refractivity contribution >= 4 is 17.5 Å². The van der Waals surface area contributed by atoms with Crippen molar-refractivity contribution in [3.05, 3.63) is 53.2 Å². The number of pyridine rings is 1. The quantitative estimate of drug-likeness (QED) is 0.917. The summed E-state index contributed by atoms with van der Waals surface area (Å²) >= 11 is 0. The highest BCUT2D eigenvalue weighted by Gasteiger charge is 2.26. The van der Waals surface area contributed by atoms with Crippen LogP contribution in [0.1, 0.15) is 28.5 Å². The number of fused-ring (bicyclic) bond motifs is 1. The fourth-order valence-electron chi connectivity index (χ4n) is 2.91. The van der Waals surface area contributed by atoms with Crippen molar-refractivity contribution in [3.8, 4) is 0 Å². The third-order valence-electron chi connectivity index (χ3n) is 3.85. The molecule has 108 valence electrons. The molecule has 21 heavy (non-hydrogen) atoms. The van der Waals surface area contributed by atoms with E-state index in [9.17, 15) is 9.90 Å². The van der Waals surface area contributed by atoms with E-state index in [0.29, 0.717) is 11.7 Å². The third-order valence-corrected chi connectivity index (χ3v) is 3.85. The predicted octanol–water partition coefficient (Wildman–Crippen LogP) is 3.42. The van der Waals surface area contributed by atoms with Crippen LogP contribution in [-0.4, -0.2) is 22.6 Å². The zero-order valence-corrected chi connectivity index (χ0v) is 12.2. The summed E-state index contributed by atoms with van der Waals surface area (Å²) in [4.78, 5) is 18.0. The van der Waals surface area contributed by atoms with Gasteiger partial charge in [-0.15, -0.1) is 0 Å². The van der Waals surface area contributed by atoms with Gasteiger partial charge in [-0.3, -0.25) is 0 Å². The lowest BCUT2D eigenvalue weighted by atomic mass is 9.93. The molecule has 1 aromatic heterocycles. The minimum atomic E-state index is -0.937. The third kappa shape index (κ3) is 2.49. The first-order valence-corrected chi connectivity index (χ1v) is 7.12. The molecule has 1 unspecified atom stereocenters. The Kier molecular flexibility index (Phi) is 3.37. The van der Waals surface area contributed by atoms with Gasteiger partial charge in [-0.1, -0.05) is 25.1 Å². The predicted molar refractivity (Wildman–Crippen MR) is 82.2 cm³/mol. The number of nitrogens with zero attached hydrogens (tertiary/aromatic N) is 2. The summed E-state index contributed by atoms with van der Waals surface area (Å²) in [6.45, 7) is 4.85. The Labute approximate surface area is 124 Å². The van der Waals surface area contributed by atoms with E-state index in [1.165, 1.54) is 5.56 Å². The summed E-state index contributed by atoms with van der Waals surface area (Å²) in [6.07, 6.45) is 1.01. The number of hydrogen-bond acceptors (Lipinski definition) is 3. The van der Waals surface area contributed by atoms with Crippen LogP contribution in [0.25, 0.3) is 0 Å². The van der Waals surface area contributed by atoms with Crippen LogP contribution in [0.5, 0.6) is 0 Å². The summed E-state index contributed by atoms with van der Waals surface area (Å²) in [6, 6.07) is 11.5. The summed E-state index contributed by atoms with van der Waals surface area (Å²) in [7, 11) is 0. The molecule has 2 heterocycles. The summed E-state index contributed by atoms with van der Waals surface area (Å²) < 4.78 is 0. The minimum absolute atomic E-state index is 0.254. The van der Waals surface area contributed by atoms with E-state index in [2.05, 4.69) is 18.0 Å². The van der Waals surface area contributed by atoms with E-state index in [-0.39, 0.29) is 5.56 Å². The van der Waals surface area contributed by atoms with Crippen molar-refractivity contribution in [1.29, 1.82) is 0 Å². The van der Waals surface area contributed by atoms with Crippen LogP contribution in [0.2, 0.25) is 0 Å². The number of carbonyl (C=O) groups is 1. The molecule has 0 saturated heterocycles. The molecule has 1 aromatic carbocycles.